The van der Waals surface area contributed by atoms with Gasteiger partial charge >= 0.3 is 0 Å². The van der Waals surface area contributed by atoms with Crippen LogP contribution in [0.1, 0.15) is 46.2 Å². The topological polar surface area (TPSA) is 23.6 Å². The number of benzene rings is 5. The van der Waals surface area contributed by atoms with Crippen LogP contribution in [-0.4, -0.2) is 28.4 Å². The van der Waals surface area contributed by atoms with Crippen molar-refractivity contribution in [3.63, 3.8) is 0 Å². The highest BCUT2D eigenvalue weighted by Gasteiger charge is 2.68. The van der Waals surface area contributed by atoms with Crippen molar-refractivity contribution in [1.29, 1.82) is 0 Å². The summed E-state index contributed by atoms with van der Waals surface area (Å²) < 4.78 is 0. The highest BCUT2D eigenvalue weighted by Crippen LogP contribution is 2.64. The Bertz CT molecular complexity index is 1810. The normalized spacial score (nSPS) is 25.2. The van der Waals surface area contributed by atoms with Crippen molar-refractivity contribution in [1.82, 2.24) is 10.0 Å². The fourth-order valence-electron chi connectivity index (χ4n) is 7.92. The Morgan fingerprint density at radius 2 is 1.19 bits per heavy atom. The molecule has 4 heteroatoms. The summed E-state index contributed by atoms with van der Waals surface area (Å²) in [6, 6.07) is 50.0. The Labute approximate surface area is 257 Å². The third-order valence-electron chi connectivity index (χ3n) is 9.50. The molecule has 3 nitrogen and oxygen atoms in total. The summed E-state index contributed by atoms with van der Waals surface area (Å²) in [6.45, 7) is 0.849. The van der Waals surface area contributed by atoms with E-state index in [0.29, 0.717) is 5.02 Å². The van der Waals surface area contributed by atoms with Gasteiger partial charge in [-0.15, -0.1) is 0 Å². The minimum absolute atomic E-state index is 0.0493. The molecule has 8 rings (SSSR count). The van der Waals surface area contributed by atoms with Gasteiger partial charge in [-0.1, -0.05) is 145 Å². The molecule has 210 valence electrons. The number of hydrogen-bond acceptors (Lipinski definition) is 3. The summed E-state index contributed by atoms with van der Waals surface area (Å²) in [5.74, 6) is -0.191. The predicted molar refractivity (Wildman–Crippen MR) is 173 cm³/mol. The molecule has 0 amide bonds. The molecular formula is C39H31ClN2O. The lowest BCUT2D eigenvalue weighted by atomic mass is 9.67. The molecule has 0 aromatic heterocycles. The number of nitrogens with zero attached hydrogens (tertiary/aromatic N) is 2. The lowest BCUT2D eigenvalue weighted by Gasteiger charge is -2.54. The molecule has 2 fully saturated rings. The fourth-order valence-corrected chi connectivity index (χ4v) is 8.05. The number of Topliss-reactive ketones (excluding diaryl/α,β-unsaturated/α-hetero) is 1. The highest BCUT2D eigenvalue weighted by atomic mass is 35.5. The van der Waals surface area contributed by atoms with Crippen molar-refractivity contribution in [2.75, 3.05) is 6.54 Å². The molecule has 5 aromatic rings. The van der Waals surface area contributed by atoms with Crippen molar-refractivity contribution in [3.05, 3.63) is 178 Å². The van der Waals surface area contributed by atoms with Gasteiger partial charge in [0.15, 0.2) is 5.78 Å². The lowest BCUT2D eigenvalue weighted by molar-refractivity contribution is -0.165. The maximum atomic E-state index is 15.9. The van der Waals surface area contributed by atoms with E-state index in [0.717, 1.165) is 40.8 Å². The maximum absolute atomic E-state index is 15.9. The fraction of sp³-hybridized carbons (Fsp3) is 0.154. The van der Waals surface area contributed by atoms with Gasteiger partial charge in [0.25, 0.3) is 0 Å². The number of hydrazine groups is 1. The second kappa shape index (κ2) is 10.5. The van der Waals surface area contributed by atoms with Crippen LogP contribution in [0.5, 0.6) is 0 Å². The number of carbonyl (C=O) groups excluding carboxylic acids is 1. The van der Waals surface area contributed by atoms with Gasteiger partial charge in [0.1, 0.15) is 5.54 Å². The summed E-state index contributed by atoms with van der Waals surface area (Å²) in [4.78, 5) is 15.9. The summed E-state index contributed by atoms with van der Waals surface area (Å²) in [5, 5.41) is 5.67. The van der Waals surface area contributed by atoms with E-state index >= 15 is 4.79 Å². The Morgan fingerprint density at radius 1 is 0.628 bits per heavy atom. The van der Waals surface area contributed by atoms with Gasteiger partial charge in [0, 0.05) is 11.6 Å². The molecule has 3 aliphatic heterocycles. The molecule has 3 heterocycles. The largest absolute Gasteiger partial charge is 0.296 e. The van der Waals surface area contributed by atoms with Gasteiger partial charge in [-0.2, -0.15) is 0 Å². The Kier molecular flexibility index (Phi) is 6.41. The molecule has 2 saturated heterocycles. The summed E-state index contributed by atoms with van der Waals surface area (Å²) in [5.41, 5.74) is 6.75. The first-order valence-corrected chi connectivity index (χ1v) is 15.4. The van der Waals surface area contributed by atoms with E-state index in [4.69, 9.17) is 11.6 Å². The van der Waals surface area contributed by atoms with Crippen LogP contribution in [0.15, 0.2) is 146 Å². The van der Waals surface area contributed by atoms with Crippen molar-refractivity contribution < 1.29 is 4.79 Å². The predicted octanol–water partition coefficient (Wildman–Crippen LogP) is 8.56. The van der Waals surface area contributed by atoms with Gasteiger partial charge in [-0.05, 0) is 57.5 Å². The monoisotopic (exact) mass is 578 g/mol. The van der Waals surface area contributed by atoms with Gasteiger partial charge in [-0.3, -0.25) is 4.79 Å². The van der Waals surface area contributed by atoms with E-state index in [1.165, 1.54) is 11.1 Å². The standard InChI is InChI=1S/C39H31ClN2O/c40-32-23-21-30(22-24-32)37-35(28-15-7-2-8-16-28)38(43)39(31-19-11-4-12-20-31)36(29-17-9-3-10-18-29)34(27-13-5-1-6-14-27)33-25-26-41(37)42(33)39/h1-24,33,35,37H,25-26H2/t33-,35-,37-,39-/m1/s1. The number of halogens is 1. The smallest absolute Gasteiger partial charge is 0.172 e. The molecule has 0 N–H and O–H groups in total. The third kappa shape index (κ3) is 3.93. The molecule has 0 unspecified atom stereocenters. The van der Waals surface area contributed by atoms with Gasteiger partial charge in [0.2, 0.25) is 0 Å². The number of carbonyl (C=O) groups is 1. The molecule has 3 aliphatic rings. The van der Waals surface area contributed by atoms with E-state index in [9.17, 15) is 0 Å². The van der Waals surface area contributed by atoms with E-state index in [-0.39, 0.29) is 17.9 Å². The van der Waals surface area contributed by atoms with Crippen LogP contribution in [0.25, 0.3) is 11.1 Å². The average Bonchev–Trinajstić information content (AvgIpc) is 3.64. The van der Waals surface area contributed by atoms with Crippen LogP contribution in [0.3, 0.4) is 0 Å². The second-order valence-corrected chi connectivity index (χ2v) is 12.1. The first kappa shape index (κ1) is 26.4. The van der Waals surface area contributed by atoms with Crippen LogP contribution in [0.2, 0.25) is 5.02 Å². The zero-order valence-electron chi connectivity index (χ0n) is 23.7. The average molecular weight is 579 g/mol. The van der Waals surface area contributed by atoms with Gasteiger partial charge in [0.05, 0.1) is 18.0 Å². The molecule has 0 saturated carbocycles. The third-order valence-corrected chi connectivity index (χ3v) is 9.75. The minimum atomic E-state index is -1.00. The van der Waals surface area contributed by atoms with E-state index < -0.39 is 11.5 Å². The second-order valence-electron chi connectivity index (χ2n) is 11.7. The van der Waals surface area contributed by atoms with E-state index in [1.807, 2.05) is 36.4 Å². The zero-order chi connectivity index (χ0) is 29.0. The molecule has 0 aliphatic carbocycles. The van der Waals surface area contributed by atoms with E-state index in [2.05, 4.69) is 119 Å². The van der Waals surface area contributed by atoms with Crippen LogP contribution >= 0.6 is 11.6 Å². The first-order chi connectivity index (χ1) is 21.2. The minimum Gasteiger partial charge on any atom is -0.296 e. The Morgan fingerprint density at radius 3 is 1.81 bits per heavy atom. The van der Waals surface area contributed by atoms with Gasteiger partial charge < -0.3 is 0 Å². The molecule has 43 heavy (non-hydrogen) atoms. The zero-order valence-corrected chi connectivity index (χ0v) is 24.4. The van der Waals surface area contributed by atoms with Crippen molar-refractivity contribution >= 4 is 28.5 Å². The van der Waals surface area contributed by atoms with Crippen LogP contribution in [0.4, 0.5) is 0 Å². The maximum Gasteiger partial charge on any atom is 0.172 e. The van der Waals surface area contributed by atoms with Crippen LogP contribution in [-0.2, 0) is 10.3 Å². The van der Waals surface area contributed by atoms with Crippen molar-refractivity contribution in [2.45, 2.75) is 30.0 Å². The van der Waals surface area contributed by atoms with Crippen LogP contribution in [0, 0.1) is 0 Å². The van der Waals surface area contributed by atoms with Crippen molar-refractivity contribution in [3.8, 4) is 0 Å². The summed E-state index contributed by atoms with van der Waals surface area (Å²) >= 11 is 6.38. The van der Waals surface area contributed by atoms with Crippen molar-refractivity contribution in [2.24, 2.45) is 0 Å². The summed E-state index contributed by atoms with van der Waals surface area (Å²) in [6.07, 6.45) is 0.925. The molecule has 5 aromatic carbocycles. The lowest BCUT2D eigenvalue weighted by Crippen LogP contribution is -2.64. The molecule has 0 bridgehead atoms. The number of ketones is 1. The number of hydrogen-bond donors (Lipinski definition) is 0. The molecular weight excluding hydrogens is 548 g/mol. The Balaban J connectivity index is 1.48. The Hall–Kier alpha value is -4.28. The molecule has 0 radical (unpaired) electrons. The van der Waals surface area contributed by atoms with Gasteiger partial charge in [-0.25, -0.2) is 10.0 Å². The highest BCUT2D eigenvalue weighted by molar-refractivity contribution is 6.30. The number of rotatable bonds is 5. The summed E-state index contributed by atoms with van der Waals surface area (Å²) in [7, 11) is 0. The van der Waals surface area contributed by atoms with E-state index in [1.54, 1.807) is 0 Å². The molecule has 0 spiro atoms. The first-order valence-electron chi connectivity index (χ1n) is 15.0. The molecule has 4 atom stereocenters. The SMILES string of the molecule is O=C1[C@H](c2ccccc2)[C@@H](c2ccc(Cl)cc2)N2CC[C@@H]3C(c4ccccc4)=C(c4ccccc4)[C@@]1(c1ccccc1)N32. The quantitative estimate of drug-likeness (QED) is 0.209. The van der Waals surface area contributed by atoms with Crippen LogP contribution < -0.4 is 0 Å².